The molecule has 0 aliphatic heterocycles. The van der Waals surface area contributed by atoms with Crippen molar-refractivity contribution < 1.29 is 33.4 Å². The van der Waals surface area contributed by atoms with Crippen molar-refractivity contribution in [2.45, 2.75) is 96.8 Å². The van der Waals surface area contributed by atoms with Crippen LogP contribution in [-0.2, 0) is 23.4 Å². The van der Waals surface area contributed by atoms with Gasteiger partial charge in [-0.05, 0) is 6.42 Å². The minimum absolute atomic E-state index is 0.137. The lowest BCUT2D eigenvalue weighted by atomic mass is 10.0. The molecule has 0 radical (unpaired) electrons. The van der Waals surface area contributed by atoms with Gasteiger partial charge in [0.2, 0.25) is 0 Å². The molecule has 26 heavy (non-hydrogen) atoms. The summed E-state index contributed by atoms with van der Waals surface area (Å²) in [7, 11) is -4.44. The molecule has 0 aromatic carbocycles. The Morgan fingerprint density at radius 1 is 0.846 bits per heavy atom. The summed E-state index contributed by atoms with van der Waals surface area (Å²) in [4.78, 5) is 24.7. The van der Waals surface area contributed by atoms with Crippen LogP contribution in [0.2, 0.25) is 0 Å². The highest BCUT2D eigenvalue weighted by atomic mass is 31.2. The number of aliphatic hydroxyl groups is 1. The maximum atomic E-state index is 11.4. The molecule has 0 aromatic heterocycles. The lowest BCUT2D eigenvalue weighted by Gasteiger charge is -2.09. The molecule has 0 heterocycles. The second-order valence-corrected chi connectivity index (χ2v) is 7.89. The maximum Gasteiger partial charge on any atom is 0.508 e. The lowest BCUT2D eigenvalue weighted by Crippen LogP contribution is -2.06. The molecule has 0 aromatic rings. The third-order valence-electron chi connectivity index (χ3n) is 4.05. The van der Waals surface area contributed by atoms with E-state index >= 15 is 0 Å². The predicted octanol–water partition coefficient (Wildman–Crippen LogP) is 5.05. The monoisotopic (exact) mass is 396 g/mol. The smallest absolute Gasteiger partial charge is 0.394 e. The Hall–Kier alpha value is -0.460. The Labute approximate surface area is 158 Å². The van der Waals surface area contributed by atoms with Crippen LogP contribution in [0.15, 0.2) is 0 Å². The number of phosphoric ester groups is 1. The largest absolute Gasteiger partial charge is 0.508 e. The summed E-state index contributed by atoms with van der Waals surface area (Å²) in [6.07, 6.45) is 15.9. The van der Waals surface area contributed by atoms with E-state index in [-0.39, 0.29) is 13.0 Å². The quantitative estimate of drug-likeness (QED) is 0.136. The first-order chi connectivity index (χ1) is 12.5. The third kappa shape index (κ3) is 18.3. The molecule has 0 bridgehead atoms. The summed E-state index contributed by atoms with van der Waals surface area (Å²) in [5, 5.41) is 8.47. The lowest BCUT2D eigenvalue weighted by molar-refractivity contribution is -0.224. The minimum Gasteiger partial charge on any atom is -0.394 e. The fraction of sp³-hybridized carbons (Fsp3) is 0.944. The Morgan fingerprint density at radius 2 is 1.31 bits per heavy atom. The van der Waals surface area contributed by atoms with Gasteiger partial charge in [0.05, 0.1) is 13.2 Å². The Balaban J connectivity index is 3.34. The number of hydrogen-bond donors (Lipinski definition) is 2. The first kappa shape index (κ1) is 25.5. The third-order valence-corrected chi connectivity index (χ3v) is 4.83. The number of hydrogen-bond acceptors (Lipinski definition) is 6. The second-order valence-electron chi connectivity index (χ2n) is 6.55. The van der Waals surface area contributed by atoms with Gasteiger partial charge in [0.25, 0.3) is 0 Å². The first-order valence-corrected chi connectivity index (χ1v) is 11.5. The zero-order chi connectivity index (χ0) is 19.5. The van der Waals surface area contributed by atoms with E-state index in [1.165, 1.54) is 64.2 Å². The number of carbonyl (C=O) groups is 1. The number of aliphatic hydroxyl groups excluding tert-OH is 1. The normalized spacial score (nSPS) is 13.5. The highest BCUT2D eigenvalue weighted by molar-refractivity contribution is 7.47. The van der Waals surface area contributed by atoms with E-state index in [4.69, 9.17) is 10.00 Å². The van der Waals surface area contributed by atoms with Gasteiger partial charge >= 0.3 is 13.8 Å². The van der Waals surface area contributed by atoms with Crippen LogP contribution in [0.1, 0.15) is 96.8 Å². The van der Waals surface area contributed by atoms with E-state index in [9.17, 15) is 9.36 Å². The van der Waals surface area contributed by atoms with Gasteiger partial charge < -0.3 is 10.00 Å². The molecule has 1 atom stereocenters. The number of phosphoric acid groups is 1. The summed E-state index contributed by atoms with van der Waals surface area (Å²) in [6.45, 7) is 1.44. The van der Waals surface area contributed by atoms with Crippen molar-refractivity contribution in [1.29, 1.82) is 0 Å². The van der Waals surface area contributed by atoms with Gasteiger partial charge in [-0.1, -0.05) is 88.6 Å². The van der Waals surface area contributed by atoms with Gasteiger partial charge in [-0.15, -0.1) is 0 Å². The van der Waals surface area contributed by atoms with Crippen molar-refractivity contribution in [3.63, 3.8) is 0 Å². The van der Waals surface area contributed by atoms with Crippen LogP contribution in [0.3, 0.4) is 0 Å². The zero-order valence-corrected chi connectivity index (χ0v) is 17.1. The standard InChI is InChI=1S/C18H37O7P/c1-2-3-4-5-6-7-8-9-10-11-12-13-14-15-18(20)24-25-26(21,22)23-17-16-19/h19H,2-17H2,1H3,(H,21,22). The van der Waals surface area contributed by atoms with Crippen LogP contribution in [0.25, 0.3) is 0 Å². The van der Waals surface area contributed by atoms with Crippen molar-refractivity contribution >= 4 is 13.8 Å². The highest BCUT2D eigenvalue weighted by Gasteiger charge is 2.24. The van der Waals surface area contributed by atoms with Crippen molar-refractivity contribution in [3.05, 3.63) is 0 Å². The van der Waals surface area contributed by atoms with Crippen molar-refractivity contribution in [2.24, 2.45) is 0 Å². The molecular weight excluding hydrogens is 359 g/mol. The molecule has 7 nitrogen and oxygen atoms in total. The van der Waals surface area contributed by atoms with E-state index in [1.54, 1.807) is 0 Å². The molecule has 0 saturated carbocycles. The molecule has 0 aliphatic carbocycles. The molecule has 8 heteroatoms. The summed E-state index contributed by atoms with van der Waals surface area (Å²) in [5.41, 5.74) is 0. The van der Waals surface area contributed by atoms with Crippen molar-refractivity contribution in [3.8, 4) is 0 Å². The average Bonchev–Trinajstić information content (AvgIpc) is 2.62. The van der Waals surface area contributed by atoms with Crippen LogP contribution in [0, 0.1) is 0 Å². The van der Waals surface area contributed by atoms with Crippen LogP contribution in [0.4, 0.5) is 0 Å². The Morgan fingerprint density at radius 3 is 1.77 bits per heavy atom. The predicted molar refractivity (Wildman–Crippen MR) is 100 cm³/mol. The van der Waals surface area contributed by atoms with Crippen molar-refractivity contribution in [1.82, 2.24) is 0 Å². The van der Waals surface area contributed by atoms with E-state index in [0.29, 0.717) is 6.42 Å². The van der Waals surface area contributed by atoms with Gasteiger partial charge in [0.15, 0.2) is 0 Å². The highest BCUT2D eigenvalue weighted by Crippen LogP contribution is 2.43. The van der Waals surface area contributed by atoms with E-state index < -0.39 is 20.4 Å². The molecule has 2 N–H and O–H groups in total. The van der Waals surface area contributed by atoms with Gasteiger partial charge in [-0.25, -0.2) is 9.36 Å². The van der Waals surface area contributed by atoms with Crippen LogP contribution in [-0.4, -0.2) is 29.2 Å². The SMILES string of the molecule is CCCCCCCCCCCCCCCC(=O)OOP(=O)(O)OCCO. The number of unbranched alkanes of at least 4 members (excludes halogenated alkanes) is 12. The summed E-state index contributed by atoms with van der Waals surface area (Å²) in [5.74, 6) is -0.699. The Kier molecular flexibility index (Phi) is 17.6. The van der Waals surface area contributed by atoms with Gasteiger partial charge in [-0.2, -0.15) is 0 Å². The number of carbonyl (C=O) groups excluding carboxylic acids is 1. The second kappa shape index (κ2) is 17.9. The van der Waals surface area contributed by atoms with E-state index in [1.807, 2.05) is 0 Å². The molecule has 0 amide bonds. The van der Waals surface area contributed by atoms with Crippen LogP contribution in [0.5, 0.6) is 0 Å². The van der Waals surface area contributed by atoms with E-state index in [2.05, 4.69) is 21.0 Å². The number of rotatable bonds is 19. The summed E-state index contributed by atoms with van der Waals surface area (Å²) >= 11 is 0. The molecule has 156 valence electrons. The van der Waals surface area contributed by atoms with E-state index in [0.717, 1.165) is 12.8 Å². The van der Waals surface area contributed by atoms with Crippen molar-refractivity contribution in [2.75, 3.05) is 13.2 Å². The molecule has 0 aliphatic rings. The topological polar surface area (TPSA) is 102 Å². The minimum atomic E-state index is -4.44. The fourth-order valence-electron chi connectivity index (χ4n) is 2.60. The summed E-state index contributed by atoms with van der Waals surface area (Å²) < 4.78 is 19.6. The van der Waals surface area contributed by atoms with Crippen LogP contribution < -0.4 is 0 Å². The van der Waals surface area contributed by atoms with Crippen LogP contribution >= 0.6 is 7.82 Å². The van der Waals surface area contributed by atoms with Gasteiger partial charge in [0.1, 0.15) is 0 Å². The van der Waals surface area contributed by atoms with Gasteiger partial charge in [0, 0.05) is 6.42 Å². The fourth-order valence-corrected chi connectivity index (χ4v) is 3.13. The average molecular weight is 396 g/mol. The summed E-state index contributed by atoms with van der Waals surface area (Å²) in [6, 6.07) is 0. The molecular formula is C18H37O7P. The maximum absolute atomic E-state index is 11.4. The Bertz CT molecular complexity index is 377. The molecule has 0 fully saturated rings. The molecule has 0 saturated heterocycles. The first-order valence-electron chi connectivity index (χ1n) is 9.99. The molecule has 1 unspecified atom stereocenters. The van der Waals surface area contributed by atoms with Gasteiger partial charge in [-0.3, -0.25) is 9.41 Å². The zero-order valence-electron chi connectivity index (χ0n) is 16.2. The molecule has 0 spiro atoms. The molecule has 0 rings (SSSR count).